The van der Waals surface area contributed by atoms with Gasteiger partial charge in [0.2, 0.25) is 0 Å². The number of hydrogen-bond donors (Lipinski definition) is 1. The van der Waals surface area contributed by atoms with Crippen LogP contribution in [0.2, 0.25) is 10.0 Å². The average molecular weight is 527 g/mol. The third-order valence-electron chi connectivity index (χ3n) is 5.11. The van der Waals surface area contributed by atoms with Crippen LogP contribution in [-0.2, 0) is 16.1 Å². The lowest BCUT2D eigenvalue weighted by molar-refractivity contribution is -0.123. The highest BCUT2D eigenvalue weighted by Gasteiger charge is 2.35. The number of carbonyl (C=O) groups excluding carboxylic acids is 3. The summed E-state index contributed by atoms with van der Waals surface area (Å²) in [5.41, 5.74) is 2.95. The molecule has 3 aromatic carbocycles. The summed E-state index contributed by atoms with van der Waals surface area (Å²) in [5.74, 6) is -0.265. The third-order valence-corrected chi connectivity index (χ3v) is 6.73. The van der Waals surface area contributed by atoms with E-state index in [-0.39, 0.29) is 24.0 Å². The predicted molar refractivity (Wildman–Crippen MR) is 140 cm³/mol. The normalized spacial score (nSPS) is 14.5. The zero-order valence-corrected chi connectivity index (χ0v) is 20.9. The van der Waals surface area contributed by atoms with Gasteiger partial charge in [-0.25, -0.2) is 0 Å². The van der Waals surface area contributed by atoms with Crippen molar-refractivity contribution in [1.82, 2.24) is 4.90 Å². The molecule has 1 saturated heterocycles. The maximum Gasteiger partial charge on any atom is 0.293 e. The summed E-state index contributed by atoms with van der Waals surface area (Å²) < 4.78 is 5.60. The van der Waals surface area contributed by atoms with Gasteiger partial charge in [0.15, 0.2) is 6.61 Å². The summed E-state index contributed by atoms with van der Waals surface area (Å²) >= 11 is 13.2. The molecule has 1 aliphatic heterocycles. The number of aryl methyl sites for hydroxylation is 1. The van der Waals surface area contributed by atoms with Crippen LogP contribution >= 0.6 is 35.0 Å². The Kier molecular flexibility index (Phi) is 7.80. The highest BCUT2D eigenvalue weighted by molar-refractivity contribution is 8.18. The van der Waals surface area contributed by atoms with E-state index in [0.29, 0.717) is 32.6 Å². The number of rotatable bonds is 7. The van der Waals surface area contributed by atoms with Gasteiger partial charge in [-0.2, -0.15) is 0 Å². The van der Waals surface area contributed by atoms with Crippen LogP contribution in [0.15, 0.2) is 71.6 Å². The minimum Gasteiger partial charge on any atom is -0.484 e. The number of carbonyl (C=O) groups is 3. The number of benzene rings is 3. The lowest BCUT2D eigenvalue weighted by Gasteiger charge is -2.14. The Morgan fingerprint density at radius 1 is 1.03 bits per heavy atom. The zero-order valence-electron chi connectivity index (χ0n) is 18.6. The molecule has 3 aromatic rings. The lowest BCUT2D eigenvalue weighted by Crippen LogP contribution is -2.27. The van der Waals surface area contributed by atoms with Crippen molar-refractivity contribution in [2.75, 3.05) is 11.9 Å². The van der Waals surface area contributed by atoms with E-state index >= 15 is 0 Å². The molecule has 0 spiro atoms. The number of anilines is 1. The Bertz CT molecular complexity index is 1300. The second-order valence-electron chi connectivity index (χ2n) is 7.74. The molecule has 6 nitrogen and oxygen atoms in total. The van der Waals surface area contributed by atoms with E-state index < -0.39 is 11.1 Å². The summed E-state index contributed by atoms with van der Waals surface area (Å²) in [6.45, 7) is 1.78. The maximum absolute atomic E-state index is 12.9. The number of amides is 3. The van der Waals surface area contributed by atoms with Crippen LogP contribution in [0.4, 0.5) is 10.5 Å². The first kappa shape index (κ1) is 24.9. The standard InChI is InChI=1S/C26H20Cl2N2O4S/c1-16-8-10-18(11-9-16)29-24(31)15-34-19-5-2-4-17(12-19)13-23-25(32)30(26(33)35-23)14-20-21(27)6-3-7-22(20)28/h2-13H,14-15H2,1H3,(H,29,31)/b23-13-. The van der Waals surface area contributed by atoms with Gasteiger partial charge in [-0.05, 0) is 66.7 Å². The molecule has 0 saturated carbocycles. The number of ether oxygens (including phenoxy) is 1. The molecule has 3 amide bonds. The first-order chi connectivity index (χ1) is 16.8. The Morgan fingerprint density at radius 2 is 1.71 bits per heavy atom. The van der Waals surface area contributed by atoms with Crippen LogP contribution in [0.1, 0.15) is 16.7 Å². The van der Waals surface area contributed by atoms with Crippen LogP contribution in [-0.4, -0.2) is 28.6 Å². The number of hydrogen-bond acceptors (Lipinski definition) is 5. The second kappa shape index (κ2) is 11.0. The van der Waals surface area contributed by atoms with Crippen LogP contribution in [0.5, 0.6) is 5.75 Å². The van der Waals surface area contributed by atoms with Crippen molar-refractivity contribution in [2.24, 2.45) is 0 Å². The summed E-state index contributed by atoms with van der Waals surface area (Å²) in [6, 6.07) is 19.4. The molecule has 0 aromatic heterocycles. The minimum absolute atomic E-state index is 0.0141. The molecule has 0 aliphatic carbocycles. The van der Waals surface area contributed by atoms with Gasteiger partial charge < -0.3 is 10.1 Å². The van der Waals surface area contributed by atoms with Gasteiger partial charge in [-0.15, -0.1) is 0 Å². The highest BCUT2D eigenvalue weighted by Crippen LogP contribution is 2.35. The number of halogens is 2. The molecule has 35 heavy (non-hydrogen) atoms. The second-order valence-corrected chi connectivity index (χ2v) is 9.55. The SMILES string of the molecule is Cc1ccc(NC(=O)COc2cccc(/C=C3\SC(=O)N(Cc4c(Cl)cccc4Cl)C3=O)c2)cc1. The fourth-order valence-electron chi connectivity index (χ4n) is 3.31. The van der Waals surface area contributed by atoms with Gasteiger partial charge in [-0.3, -0.25) is 19.3 Å². The topological polar surface area (TPSA) is 75.7 Å². The van der Waals surface area contributed by atoms with E-state index in [4.69, 9.17) is 27.9 Å². The molecule has 9 heteroatoms. The van der Waals surface area contributed by atoms with Crippen molar-refractivity contribution in [2.45, 2.75) is 13.5 Å². The van der Waals surface area contributed by atoms with E-state index in [1.165, 1.54) is 0 Å². The maximum atomic E-state index is 12.9. The highest BCUT2D eigenvalue weighted by atomic mass is 35.5. The molecule has 1 heterocycles. The number of imide groups is 1. The van der Waals surface area contributed by atoms with Crippen LogP contribution in [0, 0.1) is 6.92 Å². The third kappa shape index (κ3) is 6.25. The van der Waals surface area contributed by atoms with E-state index in [9.17, 15) is 14.4 Å². The van der Waals surface area contributed by atoms with Gasteiger partial charge in [-0.1, -0.05) is 59.1 Å². The Labute approximate surface area is 216 Å². The van der Waals surface area contributed by atoms with E-state index in [2.05, 4.69) is 5.32 Å². The van der Waals surface area contributed by atoms with Crippen LogP contribution in [0.25, 0.3) is 6.08 Å². The van der Waals surface area contributed by atoms with Crippen molar-refractivity contribution in [3.8, 4) is 5.75 Å². The summed E-state index contributed by atoms with van der Waals surface area (Å²) in [6.07, 6.45) is 1.61. The quantitative estimate of drug-likeness (QED) is 0.353. The van der Waals surface area contributed by atoms with Gasteiger partial charge in [0.1, 0.15) is 5.75 Å². The van der Waals surface area contributed by atoms with E-state index in [1.54, 1.807) is 48.5 Å². The van der Waals surface area contributed by atoms with Crippen molar-refractivity contribution < 1.29 is 19.1 Å². The average Bonchev–Trinajstić information content (AvgIpc) is 3.09. The smallest absolute Gasteiger partial charge is 0.293 e. The fraction of sp³-hybridized carbons (Fsp3) is 0.115. The molecule has 4 rings (SSSR count). The fourth-order valence-corrected chi connectivity index (χ4v) is 4.66. The van der Waals surface area contributed by atoms with Crippen molar-refractivity contribution in [3.05, 3.63) is 98.4 Å². The molecule has 1 N–H and O–H groups in total. The van der Waals surface area contributed by atoms with Gasteiger partial charge in [0.25, 0.3) is 17.1 Å². The van der Waals surface area contributed by atoms with Crippen molar-refractivity contribution in [3.63, 3.8) is 0 Å². The zero-order chi connectivity index (χ0) is 24.9. The Balaban J connectivity index is 1.40. The first-order valence-electron chi connectivity index (χ1n) is 10.6. The van der Waals surface area contributed by atoms with Crippen LogP contribution < -0.4 is 10.1 Å². The van der Waals surface area contributed by atoms with Gasteiger partial charge >= 0.3 is 0 Å². The molecule has 0 bridgehead atoms. The van der Waals surface area contributed by atoms with Crippen molar-refractivity contribution in [1.29, 1.82) is 0 Å². The van der Waals surface area contributed by atoms with Gasteiger partial charge in [0, 0.05) is 21.3 Å². The Morgan fingerprint density at radius 3 is 2.43 bits per heavy atom. The molecule has 0 unspecified atom stereocenters. The molecule has 1 fully saturated rings. The minimum atomic E-state index is -0.431. The molecular formula is C26H20Cl2N2O4S. The van der Waals surface area contributed by atoms with E-state index in [0.717, 1.165) is 22.2 Å². The summed E-state index contributed by atoms with van der Waals surface area (Å²) in [7, 11) is 0. The molecule has 0 radical (unpaired) electrons. The largest absolute Gasteiger partial charge is 0.484 e. The predicted octanol–water partition coefficient (Wildman–Crippen LogP) is 6.56. The summed E-state index contributed by atoms with van der Waals surface area (Å²) in [4.78, 5) is 39.0. The van der Waals surface area contributed by atoms with Gasteiger partial charge in [0.05, 0.1) is 11.4 Å². The monoisotopic (exact) mass is 526 g/mol. The lowest BCUT2D eigenvalue weighted by atomic mass is 10.2. The number of thioether (sulfide) groups is 1. The molecule has 178 valence electrons. The molecular weight excluding hydrogens is 507 g/mol. The summed E-state index contributed by atoms with van der Waals surface area (Å²) in [5, 5.41) is 3.14. The Hall–Kier alpha value is -3.26. The number of nitrogens with one attached hydrogen (secondary N) is 1. The molecule has 1 aliphatic rings. The van der Waals surface area contributed by atoms with E-state index in [1.807, 2.05) is 31.2 Å². The first-order valence-corrected chi connectivity index (χ1v) is 12.1. The van der Waals surface area contributed by atoms with Crippen LogP contribution in [0.3, 0.4) is 0 Å². The molecule has 0 atom stereocenters. The van der Waals surface area contributed by atoms with Crippen molar-refractivity contribution >= 4 is 63.8 Å². The number of nitrogens with zero attached hydrogens (tertiary/aromatic N) is 1.